The molecule has 7 nitrogen and oxygen atoms in total. The number of carboxylic acids is 1. The van der Waals surface area contributed by atoms with Gasteiger partial charge in [-0.05, 0) is 6.42 Å². The summed E-state index contributed by atoms with van der Waals surface area (Å²) in [4.78, 5) is 35.9. The number of carbonyl (C=O) groups is 3. The van der Waals surface area contributed by atoms with E-state index >= 15 is 0 Å². The maximum atomic E-state index is 11.6. The molecule has 0 aromatic carbocycles. The standard InChI is InChI=1S/C9H15N3O4/c1-11-3-2-6(9(11)16)12(4-7(10)13)5-8(14)15/h6H,2-5H2,1H3,(H2,10,13)(H,14,15). The second kappa shape index (κ2) is 4.93. The molecule has 1 aliphatic heterocycles. The maximum absolute atomic E-state index is 11.6. The Bertz CT molecular complexity index is 302. The third kappa shape index (κ3) is 2.93. The first-order chi connectivity index (χ1) is 7.41. The van der Waals surface area contributed by atoms with Crippen LogP contribution in [0, 0.1) is 0 Å². The van der Waals surface area contributed by atoms with Gasteiger partial charge in [-0.1, -0.05) is 0 Å². The number of primary amides is 1. The van der Waals surface area contributed by atoms with Crippen molar-refractivity contribution in [1.29, 1.82) is 0 Å². The van der Waals surface area contributed by atoms with Crippen molar-refractivity contribution in [2.75, 3.05) is 26.7 Å². The number of carbonyl (C=O) groups excluding carboxylic acids is 2. The van der Waals surface area contributed by atoms with Crippen molar-refractivity contribution in [3.05, 3.63) is 0 Å². The lowest BCUT2D eigenvalue weighted by Crippen LogP contribution is -2.47. The van der Waals surface area contributed by atoms with Crippen molar-refractivity contribution in [3.63, 3.8) is 0 Å². The van der Waals surface area contributed by atoms with E-state index in [1.807, 2.05) is 0 Å². The minimum Gasteiger partial charge on any atom is -0.480 e. The molecule has 0 spiro atoms. The monoisotopic (exact) mass is 229 g/mol. The average Bonchev–Trinajstić information content (AvgIpc) is 2.45. The molecule has 2 amide bonds. The topological polar surface area (TPSA) is 104 Å². The van der Waals surface area contributed by atoms with Crippen molar-refractivity contribution >= 4 is 17.8 Å². The summed E-state index contributed by atoms with van der Waals surface area (Å²) in [6, 6.07) is -0.548. The van der Waals surface area contributed by atoms with Gasteiger partial charge in [-0.25, -0.2) is 0 Å². The second-order valence-electron chi connectivity index (χ2n) is 3.83. The van der Waals surface area contributed by atoms with Gasteiger partial charge in [0.25, 0.3) is 0 Å². The van der Waals surface area contributed by atoms with Gasteiger partial charge in [0.05, 0.1) is 19.1 Å². The molecule has 0 saturated carbocycles. The highest BCUT2D eigenvalue weighted by molar-refractivity contribution is 5.85. The Hall–Kier alpha value is -1.63. The highest BCUT2D eigenvalue weighted by atomic mass is 16.4. The summed E-state index contributed by atoms with van der Waals surface area (Å²) in [5.41, 5.74) is 5.02. The lowest BCUT2D eigenvalue weighted by molar-refractivity contribution is -0.140. The molecule has 1 heterocycles. The normalized spacial score (nSPS) is 20.5. The Morgan fingerprint density at radius 2 is 2.19 bits per heavy atom. The summed E-state index contributed by atoms with van der Waals surface area (Å²) >= 11 is 0. The van der Waals surface area contributed by atoms with Crippen LogP contribution in [0.1, 0.15) is 6.42 Å². The van der Waals surface area contributed by atoms with Crippen LogP contribution in [0.5, 0.6) is 0 Å². The Labute approximate surface area is 92.8 Å². The van der Waals surface area contributed by atoms with Crippen LogP contribution in [0.4, 0.5) is 0 Å². The SMILES string of the molecule is CN1CCC(N(CC(N)=O)CC(=O)O)C1=O. The van der Waals surface area contributed by atoms with Crippen LogP contribution >= 0.6 is 0 Å². The third-order valence-corrected chi connectivity index (χ3v) is 2.54. The number of hydrogen-bond donors (Lipinski definition) is 2. The summed E-state index contributed by atoms with van der Waals surface area (Å²) in [5.74, 6) is -1.88. The van der Waals surface area contributed by atoms with Gasteiger partial charge in [0.2, 0.25) is 11.8 Å². The molecular weight excluding hydrogens is 214 g/mol. The predicted octanol–water partition coefficient (Wildman–Crippen LogP) is -1.91. The fraction of sp³-hybridized carbons (Fsp3) is 0.667. The van der Waals surface area contributed by atoms with E-state index in [9.17, 15) is 14.4 Å². The molecule has 1 aliphatic rings. The van der Waals surface area contributed by atoms with E-state index in [4.69, 9.17) is 10.8 Å². The molecule has 7 heteroatoms. The number of hydrogen-bond acceptors (Lipinski definition) is 4. The van der Waals surface area contributed by atoms with Crippen LogP contribution in [-0.2, 0) is 14.4 Å². The summed E-state index contributed by atoms with van der Waals surface area (Å²) in [7, 11) is 1.64. The number of carboxylic acid groups (broad SMARTS) is 1. The molecule has 0 aliphatic carbocycles. The molecular formula is C9H15N3O4. The van der Waals surface area contributed by atoms with Crippen molar-refractivity contribution in [3.8, 4) is 0 Å². The molecule has 1 fully saturated rings. The van der Waals surface area contributed by atoms with Gasteiger partial charge in [0, 0.05) is 13.6 Å². The van der Waals surface area contributed by atoms with E-state index in [2.05, 4.69) is 0 Å². The highest BCUT2D eigenvalue weighted by Gasteiger charge is 2.35. The number of likely N-dealkylation sites (tertiary alicyclic amines) is 1. The molecule has 0 aromatic rings. The van der Waals surface area contributed by atoms with E-state index < -0.39 is 17.9 Å². The Balaban J connectivity index is 2.72. The fourth-order valence-electron chi connectivity index (χ4n) is 1.79. The van der Waals surface area contributed by atoms with E-state index in [1.54, 1.807) is 7.05 Å². The van der Waals surface area contributed by atoms with Gasteiger partial charge in [-0.15, -0.1) is 0 Å². The lowest BCUT2D eigenvalue weighted by atomic mass is 10.2. The van der Waals surface area contributed by atoms with Gasteiger partial charge in [0.1, 0.15) is 0 Å². The second-order valence-corrected chi connectivity index (χ2v) is 3.83. The Morgan fingerprint density at radius 1 is 1.56 bits per heavy atom. The van der Waals surface area contributed by atoms with Crippen LogP contribution < -0.4 is 5.73 Å². The Morgan fingerprint density at radius 3 is 2.56 bits per heavy atom. The van der Waals surface area contributed by atoms with Gasteiger partial charge in [0.15, 0.2) is 0 Å². The molecule has 1 unspecified atom stereocenters. The zero-order chi connectivity index (χ0) is 12.3. The lowest BCUT2D eigenvalue weighted by Gasteiger charge is -2.24. The smallest absolute Gasteiger partial charge is 0.317 e. The van der Waals surface area contributed by atoms with E-state index in [0.29, 0.717) is 13.0 Å². The molecule has 0 radical (unpaired) electrons. The van der Waals surface area contributed by atoms with Crippen molar-refractivity contribution < 1.29 is 19.5 Å². The zero-order valence-corrected chi connectivity index (χ0v) is 9.05. The maximum Gasteiger partial charge on any atom is 0.317 e. The van der Waals surface area contributed by atoms with E-state index in [1.165, 1.54) is 9.80 Å². The average molecular weight is 229 g/mol. The molecule has 0 aromatic heterocycles. The zero-order valence-electron chi connectivity index (χ0n) is 9.05. The quantitative estimate of drug-likeness (QED) is 0.572. The largest absolute Gasteiger partial charge is 0.480 e. The molecule has 3 N–H and O–H groups in total. The number of nitrogens with zero attached hydrogens (tertiary/aromatic N) is 2. The predicted molar refractivity (Wildman–Crippen MR) is 54.4 cm³/mol. The molecule has 1 atom stereocenters. The van der Waals surface area contributed by atoms with Crippen LogP contribution in [-0.4, -0.2) is 65.4 Å². The molecule has 1 rings (SSSR count). The fourth-order valence-corrected chi connectivity index (χ4v) is 1.79. The number of aliphatic carboxylic acids is 1. The summed E-state index contributed by atoms with van der Waals surface area (Å²) in [5, 5.41) is 8.69. The number of amides is 2. The minimum absolute atomic E-state index is 0.164. The summed E-state index contributed by atoms with van der Waals surface area (Å²) in [6.45, 7) is 0.00210. The van der Waals surface area contributed by atoms with Crippen molar-refractivity contribution in [2.24, 2.45) is 5.73 Å². The van der Waals surface area contributed by atoms with Crippen LogP contribution in [0.25, 0.3) is 0 Å². The van der Waals surface area contributed by atoms with Crippen LogP contribution in [0.15, 0.2) is 0 Å². The molecule has 90 valence electrons. The van der Waals surface area contributed by atoms with Crippen molar-refractivity contribution in [1.82, 2.24) is 9.80 Å². The first-order valence-corrected chi connectivity index (χ1v) is 4.91. The molecule has 1 saturated heterocycles. The Kier molecular flexibility index (Phi) is 3.83. The van der Waals surface area contributed by atoms with Gasteiger partial charge in [-0.2, -0.15) is 0 Å². The van der Waals surface area contributed by atoms with Crippen molar-refractivity contribution in [2.45, 2.75) is 12.5 Å². The minimum atomic E-state index is -1.08. The third-order valence-electron chi connectivity index (χ3n) is 2.54. The van der Waals surface area contributed by atoms with Crippen LogP contribution in [0.2, 0.25) is 0 Å². The van der Waals surface area contributed by atoms with Crippen LogP contribution in [0.3, 0.4) is 0 Å². The number of rotatable bonds is 5. The first kappa shape index (κ1) is 12.4. The molecule has 16 heavy (non-hydrogen) atoms. The van der Waals surface area contributed by atoms with Gasteiger partial charge < -0.3 is 15.7 Å². The highest BCUT2D eigenvalue weighted by Crippen LogP contribution is 2.15. The van der Waals surface area contributed by atoms with Gasteiger partial charge >= 0.3 is 5.97 Å². The number of nitrogens with two attached hydrogens (primary N) is 1. The molecule has 0 bridgehead atoms. The summed E-state index contributed by atoms with van der Waals surface area (Å²) in [6.07, 6.45) is 0.524. The first-order valence-electron chi connectivity index (χ1n) is 4.91. The van der Waals surface area contributed by atoms with E-state index in [-0.39, 0.29) is 19.0 Å². The van der Waals surface area contributed by atoms with Gasteiger partial charge in [-0.3, -0.25) is 19.3 Å². The van der Waals surface area contributed by atoms with E-state index in [0.717, 1.165) is 0 Å². The number of likely N-dealkylation sites (N-methyl/N-ethyl adjacent to an activating group) is 1. The summed E-state index contributed by atoms with van der Waals surface area (Å²) < 4.78 is 0.